The first-order valence-corrected chi connectivity index (χ1v) is 26.9. The number of anilines is 2. The number of benzene rings is 3. The second kappa shape index (κ2) is 21.7. The second-order valence-corrected chi connectivity index (χ2v) is 22.5. The third-order valence-corrected chi connectivity index (χ3v) is 17.0. The molecule has 6 heterocycles. The van der Waals surface area contributed by atoms with Crippen molar-refractivity contribution in [1.82, 2.24) is 35.0 Å². The number of pyridine rings is 1. The molecule has 2 atom stereocenters. The number of rotatable bonds is 13. The van der Waals surface area contributed by atoms with Gasteiger partial charge >= 0.3 is 12.0 Å². The summed E-state index contributed by atoms with van der Waals surface area (Å²) in [6.45, 7) is 14.6. The van der Waals surface area contributed by atoms with Crippen LogP contribution in [0, 0.1) is 47.1 Å². The Labute approximate surface area is 442 Å². The lowest BCUT2D eigenvalue weighted by atomic mass is 9.65. The molecule has 5 aromatic rings. The monoisotopic (exact) mass is 1040 g/mol. The number of likely N-dealkylation sites (tertiary alicyclic amines) is 1. The molecule has 0 radical (unpaired) electrons. The molecule has 0 bridgehead atoms. The highest BCUT2D eigenvalue weighted by Crippen LogP contribution is 2.47. The molecule has 3 N–H and O–H groups in total. The van der Waals surface area contributed by atoms with Crippen molar-refractivity contribution < 1.29 is 42.9 Å². The van der Waals surface area contributed by atoms with Gasteiger partial charge in [0.2, 0.25) is 5.91 Å². The molecule has 4 aliphatic heterocycles. The molecule has 10 rings (SSSR count). The Kier molecular flexibility index (Phi) is 15.1. The molecule has 16 nitrogen and oxygen atoms in total. The van der Waals surface area contributed by atoms with E-state index in [-0.39, 0.29) is 88.1 Å². The first-order valence-electron chi connectivity index (χ1n) is 26.9. The van der Waals surface area contributed by atoms with Crippen molar-refractivity contribution in [3.8, 4) is 41.1 Å². The van der Waals surface area contributed by atoms with Gasteiger partial charge in [-0.3, -0.25) is 24.8 Å². The summed E-state index contributed by atoms with van der Waals surface area (Å²) in [6.07, 6.45) is 15.4. The van der Waals surface area contributed by atoms with E-state index in [9.17, 15) is 24.6 Å². The lowest BCUT2D eigenvalue weighted by Gasteiger charge is -2.47. The number of amides is 4. The van der Waals surface area contributed by atoms with Gasteiger partial charge in [-0.25, -0.2) is 13.6 Å². The van der Waals surface area contributed by atoms with Crippen LogP contribution in [0.2, 0.25) is 0 Å². The zero-order chi connectivity index (χ0) is 53.5. The number of halogens is 2. The lowest BCUT2D eigenvalue weighted by molar-refractivity contribution is -0.120. The van der Waals surface area contributed by atoms with Crippen LogP contribution in [0.25, 0.3) is 32.9 Å². The van der Waals surface area contributed by atoms with Crippen molar-refractivity contribution in [3.05, 3.63) is 71.4 Å². The molecule has 4 saturated heterocycles. The van der Waals surface area contributed by atoms with Crippen LogP contribution in [0.15, 0.2) is 48.7 Å². The van der Waals surface area contributed by atoms with Crippen molar-refractivity contribution in [1.29, 1.82) is 0 Å². The number of phenols is 1. The van der Waals surface area contributed by atoms with Crippen LogP contribution >= 0.6 is 0 Å². The number of aromatic nitrogens is 3. The van der Waals surface area contributed by atoms with Gasteiger partial charge < -0.3 is 39.3 Å². The fraction of sp³-hybridized carbons (Fsp3) is 0.517. The number of fused-ring (bicyclic) bond motifs is 2. The number of carbonyl (C=O) groups is 3. The number of terminal acetylenes is 1. The number of piperidine rings is 2. The number of ether oxygens (including phenoxy) is 2. The number of urea groups is 1. The fourth-order valence-electron chi connectivity index (χ4n) is 12.3. The Morgan fingerprint density at radius 3 is 2.39 bits per heavy atom. The van der Waals surface area contributed by atoms with Gasteiger partial charge in [0.25, 0.3) is 5.91 Å². The normalized spacial score (nSPS) is 21.3. The molecule has 3 aromatic carbocycles. The summed E-state index contributed by atoms with van der Waals surface area (Å²) in [5.74, 6) is 2.26. The molecule has 76 heavy (non-hydrogen) atoms. The van der Waals surface area contributed by atoms with E-state index in [1.807, 2.05) is 9.80 Å². The summed E-state index contributed by atoms with van der Waals surface area (Å²) < 4.78 is 44.2. The van der Waals surface area contributed by atoms with Gasteiger partial charge in [0.15, 0.2) is 5.82 Å². The number of hydrogen-bond acceptors (Lipinski definition) is 13. The predicted molar refractivity (Wildman–Crippen MR) is 287 cm³/mol. The third kappa shape index (κ3) is 11.0. The number of methoxy groups -OCH3 is 1. The Morgan fingerprint density at radius 1 is 0.947 bits per heavy atom. The van der Waals surface area contributed by atoms with Crippen LogP contribution in [0.3, 0.4) is 0 Å². The number of nitrogens with one attached hydrogen (secondary N) is 1. The van der Waals surface area contributed by atoms with Crippen LogP contribution in [0.4, 0.5) is 25.1 Å². The van der Waals surface area contributed by atoms with E-state index in [1.165, 1.54) is 68.2 Å². The smallest absolute Gasteiger partial charge is 0.328 e. The zero-order valence-corrected chi connectivity index (χ0v) is 44.0. The van der Waals surface area contributed by atoms with Crippen LogP contribution < -0.4 is 24.6 Å². The Morgan fingerprint density at radius 2 is 1.70 bits per heavy atom. The van der Waals surface area contributed by atoms with E-state index in [4.69, 9.17) is 20.9 Å². The SMILES string of the molecule is C#Cc1c(F)ccc2cc(O)cc(-c3ncc4c(N5CCC[C@@](C)(O)C5)nc(OC[C@@H](CN5CCN(CC6CCC7(CC6)CCN(C(=O)c6ccc(OC)c(N8CCC(=O)NC8=O)c6)CC7)CC5)C(C)C)nc4c3F)c12. The van der Waals surface area contributed by atoms with E-state index in [0.29, 0.717) is 78.6 Å². The number of piperazine rings is 1. The number of aliphatic hydroxyl groups is 1. The van der Waals surface area contributed by atoms with E-state index < -0.39 is 23.3 Å². The van der Waals surface area contributed by atoms with Gasteiger partial charge in [-0.05, 0) is 117 Å². The van der Waals surface area contributed by atoms with Crippen LogP contribution in [0.1, 0.15) is 94.5 Å². The maximum absolute atomic E-state index is 17.2. The van der Waals surface area contributed by atoms with Crippen molar-refractivity contribution in [2.75, 3.05) is 95.5 Å². The first-order chi connectivity index (χ1) is 36.5. The van der Waals surface area contributed by atoms with Gasteiger partial charge in [0, 0.05) is 107 Å². The number of imide groups is 1. The minimum atomic E-state index is -0.997. The molecule has 5 aliphatic rings. The quantitative estimate of drug-likeness (QED) is 0.0969. The molecular formula is C58H69F2N9O7. The van der Waals surface area contributed by atoms with Crippen LogP contribution in [-0.2, 0) is 4.79 Å². The molecule has 0 unspecified atom stereocenters. The minimum Gasteiger partial charge on any atom is -0.508 e. The van der Waals surface area contributed by atoms with Gasteiger partial charge in [-0.2, -0.15) is 9.97 Å². The van der Waals surface area contributed by atoms with Crippen molar-refractivity contribution in [2.45, 2.75) is 84.2 Å². The van der Waals surface area contributed by atoms with E-state index in [0.717, 1.165) is 52.1 Å². The molecule has 2 aromatic heterocycles. The zero-order valence-electron chi connectivity index (χ0n) is 44.0. The van der Waals surface area contributed by atoms with E-state index in [2.05, 4.69) is 44.9 Å². The average Bonchev–Trinajstić information content (AvgIpc) is 3.45. The molecule has 1 saturated carbocycles. The second-order valence-electron chi connectivity index (χ2n) is 22.5. The molecule has 18 heteroatoms. The topological polar surface area (TPSA) is 177 Å². The Hall–Kier alpha value is -6.68. The van der Waals surface area contributed by atoms with Crippen LogP contribution in [-0.4, -0.2) is 149 Å². The Bertz CT molecular complexity index is 3070. The lowest BCUT2D eigenvalue weighted by Crippen LogP contribution is -2.50. The van der Waals surface area contributed by atoms with Gasteiger partial charge in [-0.15, -0.1) is 6.42 Å². The number of nitrogens with zero attached hydrogens (tertiary/aromatic N) is 8. The maximum atomic E-state index is 17.2. The maximum Gasteiger partial charge on any atom is 0.328 e. The average molecular weight is 1040 g/mol. The number of hydrogen-bond donors (Lipinski definition) is 3. The van der Waals surface area contributed by atoms with Gasteiger partial charge in [0.1, 0.15) is 34.3 Å². The summed E-state index contributed by atoms with van der Waals surface area (Å²) in [5, 5.41) is 25.2. The van der Waals surface area contributed by atoms with E-state index in [1.54, 1.807) is 25.1 Å². The van der Waals surface area contributed by atoms with E-state index >= 15 is 8.78 Å². The van der Waals surface area contributed by atoms with Gasteiger partial charge in [0.05, 0.1) is 36.0 Å². The molecule has 402 valence electrons. The fourth-order valence-corrected chi connectivity index (χ4v) is 12.3. The summed E-state index contributed by atoms with van der Waals surface area (Å²) in [6, 6.07) is 10.1. The standard InChI is InChI=1S/C58H69F2N9O7/c1-6-42-45(59)10-8-38-28-41(70)30-43(49(38)42)51-50(60)52-44(31-61-51)53(68-20-7-15-57(4,74)35-68)64-55(63-52)76-34-40(36(2)3)33-66-26-24-65(25-27-66)32-37-12-16-58(17-13-37)18-22-67(23-19-58)54(72)39-9-11-47(75-5)46(29-39)69-21-14-48(71)62-56(69)73/h1,8-11,28-31,36-37,40,70,74H,7,12-27,32-35H2,2-5H3,(H,62,71,73)/t40-,57-/m1/s1. The highest BCUT2D eigenvalue weighted by atomic mass is 19.1. The molecule has 1 aliphatic carbocycles. The van der Waals surface area contributed by atoms with Crippen molar-refractivity contribution in [3.63, 3.8) is 0 Å². The number of carbonyl (C=O) groups excluding carboxylic acids is 3. The van der Waals surface area contributed by atoms with Crippen molar-refractivity contribution in [2.24, 2.45) is 23.2 Å². The minimum absolute atomic E-state index is 0.00198. The third-order valence-electron chi connectivity index (χ3n) is 17.0. The molecule has 5 fully saturated rings. The highest BCUT2D eigenvalue weighted by Gasteiger charge is 2.40. The van der Waals surface area contributed by atoms with Crippen LogP contribution in [0.5, 0.6) is 17.5 Å². The summed E-state index contributed by atoms with van der Waals surface area (Å²) in [4.78, 5) is 62.7. The summed E-state index contributed by atoms with van der Waals surface area (Å²) in [7, 11) is 1.52. The predicted octanol–water partition coefficient (Wildman–Crippen LogP) is 8.00. The highest BCUT2D eigenvalue weighted by molar-refractivity contribution is 6.07. The largest absolute Gasteiger partial charge is 0.508 e. The number of phenolic OH excluding ortho intramolecular Hbond substituents is 1. The molecule has 1 spiro atoms. The molecule has 4 amide bonds. The number of β-amino-alcohol motifs (C(OH)–C–C–N with tert-alkyl or cyclic N) is 1. The summed E-state index contributed by atoms with van der Waals surface area (Å²) >= 11 is 0. The van der Waals surface area contributed by atoms with Gasteiger partial charge in [-0.1, -0.05) is 25.8 Å². The number of aromatic hydroxyl groups is 1. The van der Waals surface area contributed by atoms with Crippen molar-refractivity contribution >= 4 is 51.0 Å². The molecular weight excluding hydrogens is 973 g/mol. The Balaban J connectivity index is 0.748. The first kappa shape index (κ1) is 52.7. The summed E-state index contributed by atoms with van der Waals surface area (Å²) in [5.41, 5.74) is 0.0664.